The fourth-order valence-electron chi connectivity index (χ4n) is 4.31. The van der Waals surface area contributed by atoms with E-state index in [2.05, 4.69) is 9.97 Å². The summed E-state index contributed by atoms with van der Waals surface area (Å²) in [6.45, 7) is 5.96. The van der Waals surface area contributed by atoms with Crippen LogP contribution in [-0.2, 0) is 18.0 Å². The van der Waals surface area contributed by atoms with E-state index < -0.39 is 17.8 Å². The summed E-state index contributed by atoms with van der Waals surface area (Å²) in [5, 5.41) is 0.765. The van der Waals surface area contributed by atoms with Crippen molar-refractivity contribution >= 4 is 22.4 Å². The molecule has 0 aliphatic carbocycles. The summed E-state index contributed by atoms with van der Waals surface area (Å²) in [7, 11) is 1.85. The van der Waals surface area contributed by atoms with E-state index >= 15 is 0 Å². The lowest BCUT2D eigenvalue weighted by Gasteiger charge is -2.25. The highest BCUT2D eigenvalue weighted by Crippen LogP contribution is 2.35. The van der Waals surface area contributed by atoms with Gasteiger partial charge >= 0.3 is 6.18 Å². The molecule has 0 spiro atoms. The fourth-order valence-corrected chi connectivity index (χ4v) is 4.31. The van der Waals surface area contributed by atoms with Gasteiger partial charge in [0.2, 0.25) is 5.91 Å². The molecule has 1 amide bonds. The Balaban J connectivity index is 1.78. The molecule has 2 aromatic heterocycles. The molecule has 4 rings (SSSR count). The van der Waals surface area contributed by atoms with E-state index in [1.807, 2.05) is 23.8 Å². The summed E-state index contributed by atoms with van der Waals surface area (Å²) in [5.41, 5.74) is 3.10. The second kappa shape index (κ2) is 9.04. The van der Waals surface area contributed by atoms with Gasteiger partial charge in [-0.3, -0.25) is 14.8 Å². The molecular formula is C25H26F3N5O. The van der Waals surface area contributed by atoms with Crippen molar-refractivity contribution in [3.8, 4) is 0 Å². The normalized spacial score (nSPS) is 16.0. The number of carbonyl (C=O) groups excluding carboxylic acids is 1. The molecule has 0 unspecified atom stereocenters. The lowest BCUT2D eigenvalue weighted by atomic mass is 9.97. The number of benzene rings is 1. The zero-order valence-corrected chi connectivity index (χ0v) is 19.5. The average Bonchev–Trinajstić information content (AvgIpc) is 2.80. The van der Waals surface area contributed by atoms with Gasteiger partial charge in [0.15, 0.2) is 5.49 Å². The molecule has 0 fully saturated rings. The van der Waals surface area contributed by atoms with Crippen LogP contribution in [-0.4, -0.2) is 38.4 Å². The molecule has 3 heterocycles. The lowest BCUT2D eigenvalue weighted by molar-refractivity contribution is -0.138. The number of aromatic nitrogens is 3. The van der Waals surface area contributed by atoms with Crippen molar-refractivity contribution in [2.75, 3.05) is 13.1 Å². The van der Waals surface area contributed by atoms with Crippen LogP contribution in [0.15, 0.2) is 47.9 Å². The van der Waals surface area contributed by atoms with Crippen molar-refractivity contribution in [1.29, 1.82) is 0 Å². The van der Waals surface area contributed by atoms with Crippen molar-refractivity contribution in [3.63, 3.8) is 0 Å². The molecule has 0 radical (unpaired) electrons. The SMILES string of the molecule is CC(=O)N1CC=C(c2cc3/c(=N/[C@H](C)c4cccc(C(F)(F)F)c4C)ncn(C)c3cn2)CC1. The van der Waals surface area contributed by atoms with Crippen molar-refractivity contribution in [2.24, 2.45) is 12.0 Å². The number of hydrogen-bond donors (Lipinski definition) is 0. The summed E-state index contributed by atoms with van der Waals surface area (Å²) >= 11 is 0. The molecule has 1 aliphatic heterocycles. The van der Waals surface area contributed by atoms with Gasteiger partial charge in [-0.25, -0.2) is 4.98 Å². The standard InChI is InChI=1S/C25H26F3N5O/c1-15-19(6-5-7-21(15)25(26,27)28)16(2)31-24-20-12-22(29-13-23(20)32(4)14-30-24)18-8-10-33(11-9-18)17(3)34/h5-8,12-14,16H,9-11H2,1-4H3/b31-24-/t16-/m1/s1. The van der Waals surface area contributed by atoms with E-state index in [9.17, 15) is 18.0 Å². The van der Waals surface area contributed by atoms with Crippen molar-refractivity contribution in [3.05, 3.63) is 70.7 Å². The Bertz CT molecular complexity index is 1360. The Hall–Kier alpha value is -3.49. The molecule has 6 nitrogen and oxygen atoms in total. The number of hydrogen-bond acceptors (Lipinski definition) is 4. The second-order valence-corrected chi connectivity index (χ2v) is 8.53. The van der Waals surface area contributed by atoms with Gasteiger partial charge in [0.05, 0.1) is 35.3 Å². The molecule has 178 valence electrons. The zero-order valence-electron chi connectivity index (χ0n) is 19.5. The molecule has 1 atom stereocenters. The first-order valence-corrected chi connectivity index (χ1v) is 11.0. The smallest absolute Gasteiger partial charge is 0.339 e. The van der Waals surface area contributed by atoms with Gasteiger partial charge in [-0.2, -0.15) is 13.2 Å². The van der Waals surface area contributed by atoms with Crippen LogP contribution in [0, 0.1) is 6.92 Å². The Morgan fingerprint density at radius 3 is 2.65 bits per heavy atom. The Kier molecular flexibility index (Phi) is 6.29. The molecule has 0 N–H and O–H groups in total. The Morgan fingerprint density at radius 2 is 2.00 bits per heavy atom. The van der Waals surface area contributed by atoms with E-state index in [0.717, 1.165) is 28.2 Å². The summed E-state index contributed by atoms with van der Waals surface area (Å²) in [6.07, 6.45) is 1.65. The number of halogens is 3. The third kappa shape index (κ3) is 4.60. The number of fused-ring (bicyclic) bond motifs is 1. The van der Waals surface area contributed by atoms with Crippen molar-refractivity contribution in [2.45, 2.75) is 39.4 Å². The molecule has 34 heavy (non-hydrogen) atoms. The molecule has 0 saturated heterocycles. The minimum atomic E-state index is -4.42. The number of amides is 1. The van der Waals surface area contributed by atoms with Gasteiger partial charge in [0.25, 0.3) is 0 Å². The zero-order chi connectivity index (χ0) is 24.6. The van der Waals surface area contributed by atoms with Crippen LogP contribution in [0.3, 0.4) is 0 Å². The highest BCUT2D eigenvalue weighted by molar-refractivity contribution is 5.81. The fraction of sp³-hybridized carbons (Fsp3) is 0.360. The molecule has 9 heteroatoms. The summed E-state index contributed by atoms with van der Waals surface area (Å²) in [5.74, 6) is 0.0398. The lowest BCUT2D eigenvalue weighted by Crippen LogP contribution is -2.32. The van der Waals surface area contributed by atoms with Crippen LogP contribution in [0.4, 0.5) is 13.2 Å². The maximum absolute atomic E-state index is 13.4. The first-order chi connectivity index (χ1) is 16.1. The van der Waals surface area contributed by atoms with Crippen LogP contribution in [0.5, 0.6) is 0 Å². The number of carbonyl (C=O) groups is 1. The van der Waals surface area contributed by atoms with Gasteiger partial charge in [0, 0.05) is 32.4 Å². The quantitative estimate of drug-likeness (QED) is 0.564. The summed E-state index contributed by atoms with van der Waals surface area (Å²) in [4.78, 5) is 27.2. The molecule has 1 aliphatic rings. The van der Waals surface area contributed by atoms with E-state index in [1.165, 1.54) is 13.0 Å². The first-order valence-electron chi connectivity index (χ1n) is 11.0. The van der Waals surface area contributed by atoms with Crippen LogP contribution in [0.1, 0.15) is 48.7 Å². The van der Waals surface area contributed by atoms with Crippen LogP contribution in [0.2, 0.25) is 0 Å². The van der Waals surface area contributed by atoms with Crippen LogP contribution < -0.4 is 5.49 Å². The minimum Gasteiger partial charge on any atom is -0.339 e. The Morgan fingerprint density at radius 1 is 1.24 bits per heavy atom. The number of pyridine rings is 1. The van der Waals surface area contributed by atoms with E-state index in [1.54, 1.807) is 37.3 Å². The summed E-state index contributed by atoms with van der Waals surface area (Å²) < 4.78 is 42.0. The van der Waals surface area contributed by atoms with Crippen molar-refractivity contribution < 1.29 is 18.0 Å². The number of aryl methyl sites for hydroxylation is 1. The topological polar surface area (TPSA) is 63.4 Å². The molecule has 1 aromatic carbocycles. The largest absolute Gasteiger partial charge is 0.416 e. The van der Waals surface area contributed by atoms with E-state index in [4.69, 9.17) is 4.99 Å². The van der Waals surface area contributed by atoms with Gasteiger partial charge in [0.1, 0.15) is 0 Å². The number of alkyl halides is 3. The van der Waals surface area contributed by atoms with Crippen LogP contribution >= 0.6 is 0 Å². The maximum Gasteiger partial charge on any atom is 0.416 e. The maximum atomic E-state index is 13.4. The van der Waals surface area contributed by atoms with E-state index in [-0.39, 0.29) is 11.5 Å². The first kappa shape index (κ1) is 23.7. The van der Waals surface area contributed by atoms with Gasteiger partial charge in [-0.15, -0.1) is 0 Å². The number of nitrogens with zero attached hydrogens (tertiary/aromatic N) is 5. The highest BCUT2D eigenvalue weighted by Gasteiger charge is 2.33. The number of rotatable bonds is 3. The third-order valence-corrected chi connectivity index (χ3v) is 6.29. The average molecular weight is 470 g/mol. The highest BCUT2D eigenvalue weighted by atomic mass is 19.4. The third-order valence-electron chi connectivity index (χ3n) is 6.29. The van der Waals surface area contributed by atoms with Crippen LogP contribution in [0.25, 0.3) is 16.5 Å². The minimum absolute atomic E-state index is 0.0398. The van der Waals surface area contributed by atoms with Crippen molar-refractivity contribution in [1.82, 2.24) is 19.4 Å². The molecular weight excluding hydrogens is 443 g/mol. The van der Waals surface area contributed by atoms with Gasteiger partial charge < -0.3 is 9.47 Å². The van der Waals surface area contributed by atoms with Gasteiger partial charge in [-0.05, 0) is 49.1 Å². The Labute approximate surface area is 195 Å². The van der Waals surface area contributed by atoms with Gasteiger partial charge in [-0.1, -0.05) is 18.2 Å². The molecule has 3 aromatic rings. The molecule has 0 saturated carbocycles. The predicted molar refractivity (Wildman–Crippen MR) is 124 cm³/mol. The predicted octanol–water partition coefficient (Wildman–Crippen LogP) is 4.59. The summed E-state index contributed by atoms with van der Waals surface area (Å²) in [6, 6.07) is 5.56. The second-order valence-electron chi connectivity index (χ2n) is 8.53. The molecule has 0 bridgehead atoms. The monoisotopic (exact) mass is 469 g/mol. The van der Waals surface area contributed by atoms with E-state index in [0.29, 0.717) is 30.6 Å².